The molecule has 4 aromatic rings. The molecule has 14 N–H and O–H groups in total. The van der Waals surface area contributed by atoms with Gasteiger partial charge in [-0.15, -0.1) is 0 Å². The molecule has 26 heteroatoms. The molecule has 3 fully saturated rings. The number of rotatable bonds is 15. The van der Waals surface area contributed by atoms with Crippen LogP contribution in [-0.4, -0.2) is 195 Å². The van der Waals surface area contributed by atoms with Crippen molar-refractivity contribution in [1.82, 2.24) is 0 Å². The monoisotopic (exact) mass is 991 g/mol. The molecule has 378 valence electrons. The highest BCUT2D eigenvalue weighted by Gasteiger charge is 2.51. The van der Waals surface area contributed by atoms with Gasteiger partial charge in [0, 0.05) is 30.3 Å². The first-order valence-electron chi connectivity index (χ1n) is 20.9. The van der Waals surface area contributed by atoms with E-state index in [1.807, 2.05) is 0 Å². The summed E-state index contributed by atoms with van der Waals surface area (Å²) in [6, 6.07) is 10.6. The molecule has 26 nitrogen and oxygen atoms in total. The molecule has 3 aromatic carbocycles. The summed E-state index contributed by atoms with van der Waals surface area (Å²) in [6.45, 7) is -2.18. The second-order valence-electron chi connectivity index (χ2n) is 16.1. The number of ether oxygens (including phenoxy) is 8. The lowest BCUT2D eigenvalue weighted by molar-refractivity contribution is -0.345. The van der Waals surface area contributed by atoms with Crippen LogP contribution in [0.5, 0.6) is 40.2 Å². The standard InChI is InChI=1S/C44H46O26/c45-18-4-1-16(2-5-18)3-6-30(52)62-14-28-35(57)37(59)41(70-42-38(60)33(55)23(49)13-64-42)44(69-28)67-26-11-20-24(65-40(26)17-7-21(47)32(54)22(48)8-17)9-19(46)10-25(20)66-43-39(61)36(58)34(56)27(68-43)15-63-31(53)12-29(50)51/h1-11,23,27-28,33-39,41-44,49,55-61H,12-15H2,(H5-,45,46,47,48,50,51,52,54)/p+1/t23-,27-,28-,33+,34-,35-,36+,37+,38-,39-,41-,42+,43-,44-/m1/s1. The van der Waals surface area contributed by atoms with Crippen molar-refractivity contribution in [2.24, 2.45) is 0 Å². The van der Waals surface area contributed by atoms with Crippen molar-refractivity contribution < 1.29 is 128 Å². The van der Waals surface area contributed by atoms with E-state index in [4.69, 9.17) is 47.4 Å². The van der Waals surface area contributed by atoms with Crippen LogP contribution in [-0.2, 0) is 42.8 Å². The van der Waals surface area contributed by atoms with E-state index in [1.165, 1.54) is 30.3 Å². The molecule has 4 heterocycles. The van der Waals surface area contributed by atoms with Crippen LogP contribution < -0.4 is 9.47 Å². The number of aliphatic hydroxyl groups is 8. The summed E-state index contributed by atoms with van der Waals surface area (Å²) in [5, 5.41) is 147. The van der Waals surface area contributed by atoms with Gasteiger partial charge in [0.2, 0.25) is 18.3 Å². The highest BCUT2D eigenvalue weighted by Crippen LogP contribution is 2.46. The molecule has 0 unspecified atom stereocenters. The molecule has 0 amide bonds. The van der Waals surface area contributed by atoms with Gasteiger partial charge in [-0.05, 0) is 23.8 Å². The molecular weight excluding hydrogens is 944 g/mol. The number of aromatic hydroxyl groups is 5. The fraction of sp³-hybridized carbons (Fsp3) is 0.409. The number of fused-ring (bicyclic) bond motifs is 1. The van der Waals surface area contributed by atoms with Crippen LogP contribution in [0.3, 0.4) is 0 Å². The molecule has 0 saturated carbocycles. The SMILES string of the molecule is O=C(O)CC(=O)OC[C@H]1O[C@@H](Oc2cc(O)cc3[o+]c(-c4cc(O)c(O)c(O)c4)c(O[C@@H]4O[C@H](COC(=O)C=Cc5ccc(O)cc5)[C@@H](O)[C@H](O)[C@H]4O[C@@H]4OC[C@@H](O)[C@H](O)[C@H]4O)cc23)[C@H](O)[C@@H](O)[C@@H]1O. The highest BCUT2D eigenvalue weighted by atomic mass is 16.8. The number of esters is 2. The van der Waals surface area contributed by atoms with Gasteiger partial charge < -0.3 is 109 Å². The second-order valence-corrected chi connectivity index (χ2v) is 16.1. The summed E-state index contributed by atoms with van der Waals surface area (Å²) in [5.41, 5.74) is -0.0752. The third-order valence-electron chi connectivity index (χ3n) is 11.1. The predicted molar refractivity (Wildman–Crippen MR) is 225 cm³/mol. The van der Waals surface area contributed by atoms with Gasteiger partial charge in [0.05, 0.1) is 18.2 Å². The first kappa shape index (κ1) is 51.2. The summed E-state index contributed by atoms with van der Waals surface area (Å²) in [5.74, 6) is -8.49. The lowest BCUT2D eigenvalue weighted by atomic mass is 9.98. The van der Waals surface area contributed by atoms with Crippen molar-refractivity contribution >= 4 is 35.0 Å². The van der Waals surface area contributed by atoms with Gasteiger partial charge in [-0.25, -0.2) is 9.21 Å². The Morgan fingerprint density at radius 1 is 0.657 bits per heavy atom. The van der Waals surface area contributed by atoms with Gasteiger partial charge in [-0.3, -0.25) is 9.59 Å². The molecule has 7 rings (SSSR count). The summed E-state index contributed by atoms with van der Waals surface area (Å²) < 4.78 is 51.2. The van der Waals surface area contributed by atoms with E-state index in [1.54, 1.807) is 0 Å². The Balaban J connectivity index is 1.26. The Morgan fingerprint density at radius 3 is 1.94 bits per heavy atom. The Bertz CT molecular complexity index is 2530. The fourth-order valence-electron chi connectivity index (χ4n) is 7.34. The summed E-state index contributed by atoms with van der Waals surface area (Å²) in [7, 11) is 0. The lowest BCUT2D eigenvalue weighted by Crippen LogP contribution is -2.64. The average molecular weight is 992 g/mol. The average Bonchev–Trinajstić information content (AvgIpc) is 3.31. The number of carbonyl (C=O) groups is 3. The zero-order chi connectivity index (χ0) is 50.7. The van der Waals surface area contributed by atoms with E-state index in [0.717, 1.165) is 36.4 Å². The van der Waals surface area contributed by atoms with E-state index in [9.17, 15) is 80.8 Å². The molecule has 0 aliphatic carbocycles. The minimum atomic E-state index is -2.09. The van der Waals surface area contributed by atoms with Crippen molar-refractivity contribution in [3.63, 3.8) is 0 Å². The molecule has 3 aliphatic rings. The van der Waals surface area contributed by atoms with Crippen LogP contribution >= 0.6 is 0 Å². The largest absolute Gasteiger partial charge is 0.508 e. The zero-order valence-corrected chi connectivity index (χ0v) is 35.9. The number of hydrogen-bond acceptors (Lipinski definition) is 24. The predicted octanol–water partition coefficient (Wildman–Crippen LogP) is -1.98. The Hall–Kier alpha value is -6.66. The Morgan fingerprint density at radius 2 is 1.27 bits per heavy atom. The van der Waals surface area contributed by atoms with E-state index < -0.39 is 170 Å². The van der Waals surface area contributed by atoms with Gasteiger partial charge in [0.25, 0.3) is 0 Å². The maximum Gasteiger partial charge on any atom is 0.402 e. The van der Waals surface area contributed by atoms with Crippen LogP contribution in [0.2, 0.25) is 0 Å². The second kappa shape index (κ2) is 21.5. The van der Waals surface area contributed by atoms with Crippen molar-refractivity contribution in [2.45, 2.75) is 92.4 Å². The van der Waals surface area contributed by atoms with Gasteiger partial charge >= 0.3 is 29.3 Å². The lowest BCUT2D eigenvalue weighted by Gasteiger charge is -2.44. The fourth-order valence-corrected chi connectivity index (χ4v) is 7.34. The number of aliphatic carboxylic acids is 1. The first-order chi connectivity index (χ1) is 33.2. The van der Waals surface area contributed by atoms with Crippen LogP contribution in [0, 0.1) is 0 Å². The minimum Gasteiger partial charge on any atom is -0.508 e. The number of carbonyl (C=O) groups excluding carboxylic acids is 2. The number of hydrogen-bond donors (Lipinski definition) is 14. The summed E-state index contributed by atoms with van der Waals surface area (Å²) in [4.78, 5) is 35.7. The molecule has 0 radical (unpaired) electrons. The molecular formula is C44H47O26+. The van der Waals surface area contributed by atoms with Crippen LogP contribution in [0.15, 0.2) is 65.1 Å². The van der Waals surface area contributed by atoms with Crippen LogP contribution in [0.25, 0.3) is 28.4 Å². The van der Waals surface area contributed by atoms with Gasteiger partial charge in [0.15, 0.2) is 29.6 Å². The molecule has 0 bridgehead atoms. The number of carboxylic acids is 1. The quantitative estimate of drug-likeness (QED) is 0.0202. The molecule has 3 saturated heterocycles. The molecule has 70 heavy (non-hydrogen) atoms. The zero-order valence-electron chi connectivity index (χ0n) is 35.9. The first-order valence-corrected chi connectivity index (χ1v) is 20.9. The van der Waals surface area contributed by atoms with E-state index in [2.05, 4.69) is 0 Å². The van der Waals surface area contributed by atoms with E-state index >= 15 is 0 Å². The minimum absolute atomic E-state index is 0.0269. The van der Waals surface area contributed by atoms with Gasteiger partial charge in [0.1, 0.15) is 103 Å². The molecule has 3 aliphatic heterocycles. The van der Waals surface area contributed by atoms with Crippen molar-refractivity contribution in [3.8, 4) is 51.6 Å². The number of benzene rings is 3. The molecule has 14 atom stereocenters. The van der Waals surface area contributed by atoms with E-state index in [-0.39, 0.29) is 22.3 Å². The molecule has 1 aromatic heterocycles. The topological polar surface area (TPSA) is 420 Å². The summed E-state index contributed by atoms with van der Waals surface area (Å²) in [6.07, 6.45) is -25.2. The Kier molecular flexibility index (Phi) is 15.8. The third kappa shape index (κ3) is 11.5. The number of aliphatic hydroxyl groups excluding tert-OH is 8. The van der Waals surface area contributed by atoms with Crippen molar-refractivity contribution in [2.75, 3.05) is 19.8 Å². The normalized spacial score (nSPS) is 30.2. The molecule has 0 spiro atoms. The van der Waals surface area contributed by atoms with Crippen LogP contribution in [0.4, 0.5) is 0 Å². The maximum atomic E-state index is 12.8. The maximum absolute atomic E-state index is 12.8. The number of phenolic OH excluding ortho intramolecular Hbond substituents is 5. The van der Waals surface area contributed by atoms with E-state index in [0.29, 0.717) is 5.56 Å². The Labute approximate surface area is 392 Å². The summed E-state index contributed by atoms with van der Waals surface area (Å²) >= 11 is 0. The number of phenols is 5. The van der Waals surface area contributed by atoms with Crippen LogP contribution in [0.1, 0.15) is 12.0 Å². The number of carboxylic acid groups (broad SMARTS) is 1. The van der Waals surface area contributed by atoms with Gasteiger partial charge in [-0.1, -0.05) is 12.1 Å². The van der Waals surface area contributed by atoms with Gasteiger partial charge in [-0.2, -0.15) is 0 Å². The third-order valence-corrected chi connectivity index (χ3v) is 11.1. The smallest absolute Gasteiger partial charge is 0.402 e. The van der Waals surface area contributed by atoms with Crippen molar-refractivity contribution in [1.29, 1.82) is 0 Å². The highest BCUT2D eigenvalue weighted by molar-refractivity contribution is 5.90. The van der Waals surface area contributed by atoms with Crippen molar-refractivity contribution in [3.05, 3.63) is 66.2 Å².